The number of rotatable bonds is 2. The van der Waals surface area contributed by atoms with Gasteiger partial charge < -0.3 is 4.74 Å². The number of hydrogen-bond donors (Lipinski definition) is 0. The highest BCUT2D eigenvalue weighted by Crippen LogP contribution is 2.31. The molecule has 0 atom stereocenters. The molecule has 0 N–H and O–H groups in total. The van der Waals surface area contributed by atoms with Crippen molar-refractivity contribution in [1.82, 2.24) is 9.55 Å². The summed E-state index contributed by atoms with van der Waals surface area (Å²) < 4.78 is 35.5. The van der Waals surface area contributed by atoms with Crippen LogP contribution in [0.15, 0.2) is 42.7 Å². The molecule has 0 saturated heterocycles. The fourth-order valence-electron chi connectivity index (χ4n) is 2.74. The fourth-order valence-corrected chi connectivity index (χ4v) is 2.89. The summed E-state index contributed by atoms with van der Waals surface area (Å²) in [7, 11) is 0. The first-order chi connectivity index (χ1) is 11.1. The van der Waals surface area contributed by atoms with E-state index in [0.29, 0.717) is 13.2 Å². The normalized spacial score (nSPS) is 13.3. The lowest BCUT2D eigenvalue weighted by Gasteiger charge is -2.11. The lowest BCUT2D eigenvalue weighted by atomic mass is 10.1. The molecule has 0 aliphatic carbocycles. The third-order valence-corrected chi connectivity index (χ3v) is 4.18. The van der Waals surface area contributed by atoms with Crippen LogP contribution >= 0.6 is 11.6 Å². The minimum absolute atomic E-state index is 0.140. The molecule has 3 aromatic rings. The van der Waals surface area contributed by atoms with Crippen molar-refractivity contribution >= 4 is 11.6 Å². The van der Waals surface area contributed by atoms with Crippen molar-refractivity contribution in [2.45, 2.75) is 13.2 Å². The van der Waals surface area contributed by atoms with E-state index in [1.165, 1.54) is 12.3 Å². The maximum absolute atomic E-state index is 14.3. The smallest absolute Gasteiger partial charge is 0.155 e. The van der Waals surface area contributed by atoms with Crippen LogP contribution in [0.25, 0.3) is 17.1 Å². The van der Waals surface area contributed by atoms with E-state index in [0.717, 1.165) is 22.9 Å². The summed E-state index contributed by atoms with van der Waals surface area (Å²) in [6.45, 7) is 1.12. The lowest BCUT2D eigenvalue weighted by Crippen LogP contribution is -2.01. The molecule has 0 spiro atoms. The van der Waals surface area contributed by atoms with Gasteiger partial charge in [-0.2, -0.15) is 0 Å². The minimum atomic E-state index is -0.816. The second-order valence-corrected chi connectivity index (χ2v) is 5.69. The molecule has 0 amide bonds. The van der Waals surface area contributed by atoms with Gasteiger partial charge in [0.2, 0.25) is 0 Å². The van der Waals surface area contributed by atoms with Crippen molar-refractivity contribution in [3.05, 3.63) is 70.5 Å². The maximum atomic E-state index is 14.3. The SMILES string of the molecule is Fc1ccc(Cl)c(F)c1-c1nccn1-c1ccc2c(c1)COC2. The second-order valence-electron chi connectivity index (χ2n) is 5.28. The Morgan fingerprint density at radius 1 is 1.09 bits per heavy atom. The van der Waals surface area contributed by atoms with E-state index < -0.39 is 11.6 Å². The molecule has 3 nitrogen and oxygen atoms in total. The number of nitrogens with zero attached hydrogens (tertiary/aromatic N) is 2. The predicted octanol–water partition coefficient (Wildman–Crippen LogP) is 4.50. The van der Waals surface area contributed by atoms with Crippen LogP contribution in [0.2, 0.25) is 5.02 Å². The molecule has 1 aliphatic rings. The quantitative estimate of drug-likeness (QED) is 0.646. The van der Waals surface area contributed by atoms with E-state index in [4.69, 9.17) is 16.3 Å². The van der Waals surface area contributed by atoms with Gasteiger partial charge in [0.1, 0.15) is 11.6 Å². The Labute approximate surface area is 136 Å². The summed E-state index contributed by atoms with van der Waals surface area (Å²) in [6, 6.07) is 8.09. The first kappa shape index (κ1) is 14.4. The monoisotopic (exact) mass is 332 g/mol. The number of aromatic nitrogens is 2. The van der Waals surface area contributed by atoms with E-state index in [2.05, 4.69) is 4.98 Å². The van der Waals surface area contributed by atoms with Crippen LogP contribution in [-0.2, 0) is 18.0 Å². The second kappa shape index (κ2) is 5.44. The van der Waals surface area contributed by atoms with E-state index in [9.17, 15) is 8.78 Å². The number of fused-ring (bicyclic) bond motifs is 1. The Morgan fingerprint density at radius 2 is 1.91 bits per heavy atom. The number of hydrogen-bond acceptors (Lipinski definition) is 2. The summed E-state index contributed by atoms with van der Waals surface area (Å²) in [5.41, 5.74) is 2.71. The van der Waals surface area contributed by atoms with Crippen molar-refractivity contribution in [3.8, 4) is 17.1 Å². The summed E-state index contributed by atoms with van der Waals surface area (Å²) in [5, 5.41) is -0.140. The molecule has 0 saturated carbocycles. The van der Waals surface area contributed by atoms with Crippen molar-refractivity contribution < 1.29 is 13.5 Å². The Bertz CT molecular complexity index is 908. The van der Waals surface area contributed by atoms with E-state index in [1.807, 2.05) is 18.2 Å². The molecule has 0 radical (unpaired) electrons. The molecule has 0 bridgehead atoms. The van der Waals surface area contributed by atoms with Gasteiger partial charge in [-0.3, -0.25) is 4.57 Å². The molecular weight excluding hydrogens is 322 g/mol. The first-order valence-corrected chi connectivity index (χ1v) is 7.40. The standard InChI is InChI=1S/C17H11ClF2N2O/c18-13-3-4-14(19)15(16(13)20)17-21-5-6-22(17)12-2-1-10-8-23-9-11(10)7-12/h1-7H,8-9H2. The first-order valence-electron chi connectivity index (χ1n) is 7.02. The van der Waals surface area contributed by atoms with Crippen LogP contribution in [0.5, 0.6) is 0 Å². The highest BCUT2D eigenvalue weighted by Gasteiger charge is 2.20. The van der Waals surface area contributed by atoms with Crippen LogP contribution in [0.4, 0.5) is 8.78 Å². The molecule has 4 rings (SSSR count). The largest absolute Gasteiger partial charge is 0.372 e. The van der Waals surface area contributed by atoms with Gasteiger partial charge in [0.05, 0.1) is 23.8 Å². The van der Waals surface area contributed by atoms with E-state index in [-0.39, 0.29) is 16.4 Å². The Kier molecular flexibility index (Phi) is 3.39. The highest BCUT2D eigenvalue weighted by atomic mass is 35.5. The third-order valence-electron chi connectivity index (χ3n) is 3.89. The van der Waals surface area contributed by atoms with Gasteiger partial charge in [-0.15, -0.1) is 0 Å². The van der Waals surface area contributed by atoms with Crippen molar-refractivity contribution in [2.24, 2.45) is 0 Å². The van der Waals surface area contributed by atoms with Gasteiger partial charge in [0.25, 0.3) is 0 Å². The van der Waals surface area contributed by atoms with Gasteiger partial charge in [-0.05, 0) is 35.4 Å². The van der Waals surface area contributed by atoms with Crippen LogP contribution < -0.4 is 0 Å². The number of ether oxygens (including phenoxy) is 1. The van der Waals surface area contributed by atoms with E-state index >= 15 is 0 Å². The van der Waals surface area contributed by atoms with Gasteiger partial charge in [0.15, 0.2) is 5.82 Å². The Morgan fingerprint density at radius 3 is 2.78 bits per heavy atom. The molecular formula is C17H11ClF2N2O. The van der Waals surface area contributed by atoms with Crippen molar-refractivity contribution in [1.29, 1.82) is 0 Å². The topological polar surface area (TPSA) is 27.1 Å². The molecule has 23 heavy (non-hydrogen) atoms. The zero-order chi connectivity index (χ0) is 16.0. The highest BCUT2D eigenvalue weighted by molar-refractivity contribution is 6.31. The van der Waals surface area contributed by atoms with Gasteiger partial charge in [-0.25, -0.2) is 13.8 Å². The summed E-state index contributed by atoms with van der Waals surface area (Å²) in [4.78, 5) is 4.11. The Balaban J connectivity index is 1.89. The number of imidazole rings is 1. The van der Waals surface area contributed by atoms with Gasteiger partial charge in [-0.1, -0.05) is 17.7 Å². The third kappa shape index (κ3) is 2.33. The van der Waals surface area contributed by atoms with Crippen molar-refractivity contribution in [3.63, 3.8) is 0 Å². The molecule has 1 aromatic heterocycles. The lowest BCUT2D eigenvalue weighted by molar-refractivity contribution is 0.134. The van der Waals surface area contributed by atoms with Crippen LogP contribution in [0, 0.1) is 11.6 Å². The van der Waals surface area contributed by atoms with Gasteiger partial charge >= 0.3 is 0 Å². The molecule has 6 heteroatoms. The molecule has 2 heterocycles. The summed E-state index contributed by atoms with van der Waals surface area (Å²) in [5.74, 6) is -1.35. The molecule has 116 valence electrons. The average Bonchev–Trinajstić information content (AvgIpc) is 3.19. The van der Waals surface area contributed by atoms with Crippen LogP contribution in [-0.4, -0.2) is 9.55 Å². The fraction of sp³-hybridized carbons (Fsp3) is 0.118. The van der Waals surface area contributed by atoms with Crippen LogP contribution in [0.3, 0.4) is 0 Å². The van der Waals surface area contributed by atoms with Crippen molar-refractivity contribution in [2.75, 3.05) is 0 Å². The molecule has 0 fully saturated rings. The van der Waals surface area contributed by atoms with E-state index in [1.54, 1.807) is 10.8 Å². The molecule has 2 aromatic carbocycles. The summed E-state index contributed by atoms with van der Waals surface area (Å²) >= 11 is 5.78. The average molecular weight is 333 g/mol. The zero-order valence-electron chi connectivity index (χ0n) is 11.9. The number of benzene rings is 2. The maximum Gasteiger partial charge on any atom is 0.155 e. The molecule has 0 unspecified atom stereocenters. The van der Waals surface area contributed by atoms with Crippen LogP contribution in [0.1, 0.15) is 11.1 Å². The predicted molar refractivity (Wildman–Crippen MR) is 82.4 cm³/mol. The van der Waals surface area contributed by atoms with Gasteiger partial charge in [0, 0.05) is 18.1 Å². The summed E-state index contributed by atoms with van der Waals surface area (Å²) in [6.07, 6.45) is 3.16. The zero-order valence-corrected chi connectivity index (χ0v) is 12.6. The number of halogens is 3. The Hall–Kier alpha value is -2.24. The molecule has 1 aliphatic heterocycles. The minimum Gasteiger partial charge on any atom is -0.372 e.